The van der Waals surface area contributed by atoms with Gasteiger partial charge in [0.25, 0.3) is 10.1 Å². The third-order valence-corrected chi connectivity index (χ3v) is 3.00. The van der Waals surface area contributed by atoms with Gasteiger partial charge in [-0.25, -0.2) is 0 Å². The normalized spacial score (nSPS) is 25.2. The molecule has 0 amide bonds. The molecule has 1 saturated carbocycles. The summed E-state index contributed by atoms with van der Waals surface area (Å²) < 4.78 is 31.7. The van der Waals surface area contributed by atoms with Crippen LogP contribution < -0.4 is 0 Å². The Hall–Kier alpha value is -0.620. The number of rotatable bonds is 4. The maximum atomic E-state index is 11.5. The first-order valence-corrected chi connectivity index (χ1v) is 7.47. The molecule has 0 aromatic rings. The molecule has 0 saturated heterocycles. The minimum Gasteiger partial charge on any atom is -0.460 e. The first-order valence-electron chi connectivity index (χ1n) is 5.65. The molecule has 1 aliphatic rings. The van der Waals surface area contributed by atoms with Gasteiger partial charge in [0.1, 0.15) is 5.60 Å². The van der Waals surface area contributed by atoms with Gasteiger partial charge in [0, 0.05) is 6.42 Å². The fraction of sp³-hybridized carbons (Fsp3) is 0.909. The van der Waals surface area contributed by atoms with Gasteiger partial charge in [-0.3, -0.25) is 8.98 Å². The lowest BCUT2D eigenvalue weighted by molar-refractivity contribution is -0.157. The van der Waals surface area contributed by atoms with Crippen molar-refractivity contribution in [2.45, 2.75) is 51.7 Å². The van der Waals surface area contributed by atoms with Crippen molar-refractivity contribution in [1.82, 2.24) is 0 Å². The van der Waals surface area contributed by atoms with E-state index in [1.807, 2.05) is 20.8 Å². The first kappa shape index (κ1) is 14.4. The third-order valence-electron chi connectivity index (χ3n) is 2.38. The van der Waals surface area contributed by atoms with E-state index >= 15 is 0 Å². The Morgan fingerprint density at radius 3 is 2.24 bits per heavy atom. The quantitative estimate of drug-likeness (QED) is 0.568. The molecule has 0 aromatic heterocycles. The van der Waals surface area contributed by atoms with Crippen molar-refractivity contribution >= 4 is 16.1 Å². The highest BCUT2D eigenvalue weighted by Gasteiger charge is 2.34. The van der Waals surface area contributed by atoms with Gasteiger partial charge >= 0.3 is 5.97 Å². The second-order valence-corrected chi connectivity index (χ2v) is 7.15. The molecule has 0 atom stereocenters. The molecule has 17 heavy (non-hydrogen) atoms. The Kier molecular flexibility index (Phi) is 4.19. The monoisotopic (exact) mass is 264 g/mol. The van der Waals surface area contributed by atoms with E-state index < -0.39 is 15.7 Å². The minimum atomic E-state index is -3.38. The molecule has 5 nitrogen and oxygen atoms in total. The molecule has 100 valence electrons. The molecule has 1 aliphatic carbocycles. The highest BCUT2D eigenvalue weighted by molar-refractivity contribution is 7.86. The van der Waals surface area contributed by atoms with Crippen LogP contribution in [0.3, 0.4) is 0 Å². The van der Waals surface area contributed by atoms with Gasteiger partial charge in [-0.1, -0.05) is 0 Å². The maximum absolute atomic E-state index is 11.5. The summed E-state index contributed by atoms with van der Waals surface area (Å²) in [6.07, 6.45) is 2.31. The maximum Gasteiger partial charge on any atom is 0.306 e. The van der Waals surface area contributed by atoms with Crippen LogP contribution >= 0.6 is 0 Å². The van der Waals surface area contributed by atoms with Crippen LogP contribution in [0.15, 0.2) is 0 Å². The fourth-order valence-corrected chi connectivity index (χ4v) is 2.44. The van der Waals surface area contributed by atoms with Gasteiger partial charge < -0.3 is 4.74 Å². The van der Waals surface area contributed by atoms with Crippen LogP contribution in [0.25, 0.3) is 0 Å². The molecule has 0 unspecified atom stereocenters. The molecular formula is C11H20O5S. The summed E-state index contributed by atoms with van der Waals surface area (Å²) in [6, 6.07) is 0. The molecule has 0 radical (unpaired) electrons. The van der Waals surface area contributed by atoms with E-state index in [1.165, 1.54) is 0 Å². The SMILES string of the molecule is CC(C)(C)OC(=O)CC1CC(OS(C)(=O)=O)C1. The Balaban J connectivity index is 2.24. The topological polar surface area (TPSA) is 69.7 Å². The van der Waals surface area contributed by atoms with Crippen molar-refractivity contribution in [1.29, 1.82) is 0 Å². The Morgan fingerprint density at radius 1 is 1.29 bits per heavy atom. The number of esters is 1. The second-order valence-electron chi connectivity index (χ2n) is 5.55. The zero-order chi connectivity index (χ0) is 13.3. The van der Waals surface area contributed by atoms with Crippen LogP contribution in [0.5, 0.6) is 0 Å². The van der Waals surface area contributed by atoms with Gasteiger partial charge in [0.05, 0.1) is 12.4 Å². The lowest BCUT2D eigenvalue weighted by atomic mass is 9.80. The molecule has 0 heterocycles. The van der Waals surface area contributed by atoms with Crippen LogP contribution in [-0.4, -0.2) is 32.3 Å². The molecule has 0 N–H and O–H groups in total. The van der Waals surface area contributed by atoms with Crippen LogP contribution in [0, 0.1) is 5.92 Å². The van der Waals surface area contributed by atoms with Gasteiger partial charge in [-0.2, -0.15) is 8.42 Å². The zero-order valence-corrected chi connectivity index (χ0v) is 11.5. The second kappa shape index (κ2) is 4.94. The van der Waals surface area contributed by atoms with Crippen molar-refractivity contribution in [2.75, 3.05) is 6.26 Å². The molecule has 0 bridgehead atoms. The summed E-state index contributed by atoms with van der Waals surface area (Å²) in [6.45, 7) is 5.46. The van der Waals surface area contributed by atoms with E-state index in [9.17, 15) is 13.2 Å². The molecule has 1 fully saturated rings. The fourth-order valence-electron chi connectivity index (χ4n) is 1.79. The number of ether oxygens (including phenoxy) is 1. The summed E-state index contributed by atoms with van der Waals surface area (Å²) in [7, 11) is -3.38. The van der Waals surface area contributed by atoms with E-state index in [0.717, 1.165) is 6.26 Å². The van der Waals surface area contributed by atoms with Crippen LogP contribution in [0.1, 0.15) is 40.0 Å². The zero-order valence-electron chi connectivity index (χ0n) is 10.7. The van der Waals surface area contributed by atoms with Crippen molar-refractivity contribution in [3.8, 4) is 0 Å². The predicted molar refractivity (Wildman–Crippen MR) is 62.9 cm³/mol. The van der Waals surface area contributed by atoms with Crippen molar-refractivity contribution < 1.29 is 22.1 Å². The van der Waals surface area contributed by atoms with Gasteiger partial charge in [-0.15, -0.1) is 0 Å². The van der Waals surface area contributed by atoms with Crippen LogP contribution in [-0.2, 0) is 23.8 Å². The van der Waals surface area contributed by atoms with E-state index in [0.29, 0.717) is 19.3 Å². The first-order chi connectivity index (χ1) is 7.55. The van der Waals surface area contributed by atoms with Gasteiger partial charge in [0.15, 0.2) is 0 Å². The average Bonchev–Trinajstić information content (AvgIpc) is 1.93. The van der Waals surface area contributed by atoms with Crippen LogP contribution in [0.4, 0.5) is 0 Å². The highest BCUT2D eigenvalue weighted by atomic mass is 32.2. The number of carbonyl (C=O) groups is 1. The van der Waals surface area contributed by atoms with Gasteiger partial charge in [0.2, 0.25) is 0 Å². The largest absolute Gasteiger partial charge is 0.460 e. The molecule has 6 heteroatoms. The average molecular weight is 264 g/mol. The van der Waals surface area contributed by atoms with E-state index in [2.05, 4.69) is 0 Å². The van der Waals surface area contributed by atoms with Crippen molar-refractivity contribution in [3.05, 3.63) is 0 Å². The summed E-state index contributed by atoms with van der Waals surface area (Å²) >= 11 is 0. The van der Waals surface area contributed by atoms with E-state index in [-0.39, 0.29) is 18.0 Å². The van der Waals surface area contributed by atoms with Crippen LogP contribution in [0.2, 0.25) is 0 Å². The summed E-state index contributed by atoms with van der Waals surface area (Å²) in [5.74, 6) is -0.0584. The van der Waals surface area contributed by atoms with Crippen molar-refractivity contribution in [2.24, 2.45) is 5.92 Å². The molecule has 1 rings (SSSR count). The lowest BCUT2D eigenvalue weighted by Crippen LogP contribution is -2.35. The Bertz CT molecular complexity index is 373. The molecular weight excluding hydrogens is 244 g/mol. The summed E-state index contributed by atoms with van der Waals surface area (Å²) in [4.78, 5) is 11.5. The smallest absolute Gasteiger partial charge is 0.306 e. The number of hydrogen-bond acceptors (Lipinski definition) is 5. The predicted octanol–water partition coefficient (Wildman–Crippen LogP) is 1.47. The summed E-state index contributed by atoms with van der Waals surface area (Å²) in [5.41, 5.74) is -0.469. The Labute approximate surface area is 103 Å². The molecule has 0 spiro atoms. The standard InChI is InChI=1S/C11H20O5S/c1-11(2,3)15-10(12)7-8-5-9(6-8)16-17(4,13)14/h8-9H,5-7H2,1-4H3. The minimum absolute atomic E-state index is 0.177. The lowest BCUT2D eigenvalue weighted by Gasteiger charge is -2.34. The van der Waals surface area contributed by atoms with E-state index in [1.54, 1.807) is 0 Å². The van der Waals surface area contributed by atoms with E-state index in [4.69, 9.17) is 8.92 Å². The van der Waals surface area contributed by atoms with Crippen molar-refractivity contribution in [3.63, 3.8) is 0 Å². The summed E-state index contributed by atoms with van der Waals surface area (Å²) in [5, 5.41) is 0. The molecule has 0 aromatic carbocycles. The molecule has 0 aliphatic heterocycles. The van der Waals surface area contributed by atoms with Gasteiger partial charge in [-0.05, 0) is 39.5 Å². The highest BCUT2D eigenvalue weighted by Crippen LogP contribution is 2.34. The third kappa shape index (κ3) is 6.02. The number of carbonyl (C=O) groups excluding carboxylic acids is 1. The number of hydrogen-bond donors (Lipinski definition) is 0. The Morgan fingerprint density at radius 2 is 1.82 bits per heavy atom.